The van der Waals surface area contributed by atoms with Gasteiger partial charge >= 0.3 is 0 Å². The van der Waals surface area contributed by atoms with Crippen molar-refractivity contribution in [2.24, 2.45) is 0 Å². The highest BCUT2D eigenvalue weighted by atomic mass is 16.6. The molecule has 2 rings (SSSR count). The third-order valence-electron chi connectivity index (χ3n) is 3.64. The number of methoxy groups -OCH3 is 1. The summed E-state index contributed by atoms with van der Waals surface area (Å²) in [6.45, 7) is 4.14. The van der Waals surface area contributed by atoms with Crippen molar-refractivity contribution in [3.63, 3.8) is 0 Å². The van der Waals surface area contributed by atoms with Gasteiger partial charge in [-0.1, -0.05) is 13.0 Å². The molecule has 1 N–H and O–H groups in total. The number of rotatable bonds is 7. The topological polar surface area (TPSA) is 90.7 Å². The van der Waals surface area contributed by atoms with Crippen molar-refractivity contribution in [1.29, 1.82) is 0 Å². The summed E-state index contributed by atoms with van der Waals surface area (Å²) in [6.07, 6.45) is 0.859. The molecular formula is C18H20N2O5. The fraction of sp³-hybridized carbons (Fsp3) is 0.278. The van der Waals surface area contributed by atoms with Crippen LogP contribution in [0.1, 0.15) is 29.3 Å². The minimum atomic E-state index is -0.478. The molecule has 132 valence electrons. The largest absolute Gasteiger partial charge is 0.493 e. The molecule has 7 heteroatoms. The summed E-state index contributed by atoms with van der Waals surface area (Å²) in [7, 11) is 1.50. The van der Waals surface area contributed by atoms with Crippen molar-refractivity contribution in [3.8, 4) is 11.5 Å². The Morgan fingerprint density at radius 1 is 1.24 bits per heavy atom. The molecule has 0 aliphatic carbocycles. The van der Waals surface area contributed by atoms with Gasteiger partial charge in [0.05, 0.1) is 29.9 Å². The molecule has 0 aliphatic rings. The highest BCUT2D eigenvalue weighted by Crippen LogP contribution is 2.29. The third kappa shape index (κ3) is 4.26. The maximum Gasteiger partial charge on any atom is 0.274 e. The van der Waals surface area contributed by atoms with Gasteiger partial charge in [0.15, 0.2) is 11.5 Å². The number of benzene rings is 2. The SMILES string of the molecule is CCCOc1ccc(C(=O)Nc2cccc([N+](=O)[O-])c2C)cc1OC. The number of nitro groups is 1. The van der Waals surface area contributed by atoms with E-state index in [0.717, 1.165) is 6.42 Å². The molecule has 2 aromatic carbocycles. The maximum atomic E-state index is 12.5. The van der Waals surface area contributed by atoms with Crippen molar-refractivity contribution in [2.45, 2.75) is 20.3 Å². The third-order valence-corrected chi connectivity index (χ3v) is 3.64. The second-order valence-corrected chi connectivity index (χ2v) is 5.38. The summed E-state index contributed by atoms with van der Waals surface area (Å²) >= 11 is 0. The molecule has 0 aromatic heterocycles. The lowest BCUT2D eigenvalue weighted by Crippen LogP contribution is -2.13. The molecule has 0 saturated heterocycles. The average molecular weight is 344 g/mol. The summed E-state index contributed by atoms with van der Waals surface area (Å²) in [5.41, 5.74) is 1.12. The molecular weight excluding hydrogens is 324 g/mol. The summed E-state index contributed by atoms with van der Waals surface area (Å²) in [6, 6.07) is 9.42. The minimum absolute atomic E-state index is 0.0429. The molecule has 0 saturated carbocycles. The molecule has 25 heavy (non-hydrogen) atoms. The predicted octanol–water partition coefficient (Wildman–Crippen LogP) is 3.95. The van der Waals surface area contributed by atoms with Crippen molar-refractivity contribution >= 4 is 17.3 Å². The van der Waals surface area contributed by atoms with E-state index >= 15 is 0 Å². The molecule has 0 spiro atoms. The molecule has 0 bridgehead atoms. The lowest BCUT2D eigenvalue weighted by molar-refractivity contribution is -0.385. The summed E-state index contributed by atoms with van der Waals surface area (Å²) in [4.78, 5) is 23.0. The van der Waals surface area contributed by atoms with Crippen LogP contribution in [0.15, 0.2) is 36.4 Å². The number of carbonyl (C=O) groups excluding carboxylic acids is 1. The van der Waals surface area contributed by atoms with E-state index in [1.165, 1.54) is 19.2 Å². The molecule has 0 unspecified atom stereocenters. The van der Waals surface area contributed by atoms with Crippen LogP contribution in [-0.2, 0) is 0 Å². The van der Waals surface area contributed by atoms with Gasteiger partial charge in [-0.15, -0.1) is 0 Å². The summed E-state index contributed by atoms with van der Waals surface area (Å²) in [5.74, 6) is 0.633. The molecule has 0 fully saturated rings. The molecule has 0 heterocycles. The summed E-state index contributed by atoms with van der Waals surface area (Å²) in [5, 5.41) is 13.7. The standard InChI is InChI=1S/C18H20N2O5/c1-4-10-25-16-9-8-13(11-17(16)24-3)18(21)19-14-6-5-7-15(12(14)2)20(22)23/h5-9,11H,4,10H2,1-3H3,(H,19,21). The van der Waals surface area contributed by atoms with Crippen molar-refractivity contribution in [3.05, 3.63) is 57.6 Å². The maximum absolute atomic E-state index is 12.5. The molecule has 1 amide bonds. The number of hydrogen-bond acceptors (Lipinski definition) is 5. The average Bonchev–Trinajstić information content (AvgIpc) is 2.61. The van der Waals surface area contributed by atoms with E-state index < -0.39 is 4.92 Å². The number of amides is 1. The molecule has 0 atom stereocenters. The zero-order valence-electron chi connectivity index (χ0n) is 14.4. The zero-order valence-corrected chi connectivity index (χ0v) is 14.4. The van der Waals surface area contributed by atoms with E-state index in [0.29, 0.717) is 34.9 Å². The van der Waals surface area contributed by atoms with Gasteiger partial charge in [0, 0.05) is 11.6 Å². The van der Waals surface area contributed by atoms with Crippen LogP contribution in [0.25, 0.3) is 0 Å². The van der Waals surface area contributed by atoms with Crippen LogP contribution in [0.4, 0.5) is 11.4 Å². The van der Waals surface area contributed by atoms with Crippen LogP contribution in [-0.4, -0.2) is 24.5 Å². The number of nitrogens with zero attached hydrogens (tertiary/aromatic N) is 1. The van der Waals surface area contributed by atoms with Crippen molar-refractivity contribution < 1.29 is 19.2 Å². The van der Waals surface area contributed by atoms with Crippen LogP contribution in [0.3, 0.4) is 0 Å². The van der Waals surface area contributed by atoms with Crippen LogP contribution in [0.2, 0.25) is 0 Å². The first-order valence-corrected chi connectivity index (χ1v) is 7.84. The van der Waals surface area contributed by atoms with Gasteiger partial charge in [-0.3, -0.25) is 14.9 Å². The van der Waals surface area contributed by atoms with Crippen LogP contribution < -0.4 is 14.8 Å². The number of anilines is 1. The smallest absolute Gasteiger partial charge is 0.274 e. The molecule has 0 radical (unpaired) electrons. The Morgan fingerprint density at radius 2 is 2.00 bits per heavy atom. The number of carbonyl (C=O) groups is 1. The highest BCUT2D eigenvalue weighted by Gasteiger charge is 2.16. The van der Waals surface area contributed by atoms with Gasteiger partial charge in [-0.25, -0.2) is 0 Å². The van der Waals surface area contributed by atoms with Gasteiger partial charge in [-0.05, 0) is 37.6 Å². The highest BCUT2D eigenvalue weighted by molar-refractivity contribution is 6.05. The Hall–Kier alpha value is -3.09. The van der Waals surface area contributed by atoms with Gasteiger partial charge in [0.2, 0.25) is 0 Å². The van der Waals surface area contributed by atoms with Gasteiger partial charge in [-0.2, -0.15) is 0 Å². The van der Waals surface area contributed by atoms with Crippen LogP contribution in [0.5, 0.6) is 11.5 Å². The Balaban J connectivity index is 2.24. The Labute approximate surface area is 145 Å². The number of nitro benzene ring substituents is 1. The fourth-order valence-corrected chi connectivity index (χ4v) is 2.29. The van der Waals surface area contributed by atoms with Crippen LogP contribution in [0, 0.1) is 17.0 Å². The lowest BCUT2D eigenvalue weighted by Gasteiger charge is -2.12. The number of ether oxygens (including phenoxy) is 2. The number of nitrogens with one attached hydrogen (secondary N) is 1. The molecule has 0 aliphatic heterocycles. The van der Waals surface area contributed by atoms with E-state index in [2.05, 4.69) is 5.32 Å². The van der Waals surface area contributed by atoms with E-state index in [1.807, 2.05) is 6.92 Å². The van der Waals surface area contributed by atoms with Gasteiger partial charge < -0.3 is 14.8 Å². The first-order valence-electron chi connectivity index (χ1n) is 7.84. The van der Waals surface area contributed by atoms with Crippen molar-refractivity contribution in [2.75, 3.05) is 19.0 Å². The minimum Gasteiger partial charge on any atom is -0.493 e. The normalized spacial score (nSPS) is 10.2. The predicted molar refractivity (Wildman–Crippen MR) is 94.6 cm³/mol. The Bertz CT molecular complexity index is 789. The van der Waals surface area contributed by atoms with Crippen LogP contribution >= 0.6 is 0 Å². The van der Waals surface area contributed by atoms with E-state index in [1.54, 1.807) is 31.2 Å². The molecule has 2 aromatic rings. The zero-order chi connectivity index (χ0) is 18.4. The van der Waals surface area contributed by atoms with Gasteiger partial charge in [0.1, 0.15) is 0 Å². The Morgan fingerprint density at radius 3 is 2.64 bits per heavy atom. The fourth-order valence-electron chi connectivity index (χ4n) is 2.29. The Kier molecular flexibility index (Phi) is 5.94. The number of hydrogen-bond donors (Lipinski definition) is 1. The first kappa shape index (κ1) is 18.3. The monoisotopic (exact) mass is 344 g/mol. The van der Waals surface area contributed by atoms with Crippen molar-refractivity contribution in [1.82, 2.24) is 0 Å². The van der Waals surface area contributed by atoms with E-state index in [4.69, 9.17) is 9.47 Å². The first-order chi connectivity index (χ1) is 12.0. The quantitative estimate of drug-likeness (QED) is 0.606. The molecule has 7 nitrogen and oxygen atoms in total. The second-order valence-electron chi connectivity index (χ2n) is 5.38. The van der Waals surface area contributed by atoms with E-state index in [9.17, 15) is 14.9 Å². The lowest BCUT2D eigenvalue weighted by atomic mass is 10.1. The van der Waals surface area contributed by atoms with Gasteiger partial charge in [0.25, 0.3) is 11.6 Å². The second kappa shape index (κ2) is 8.14. The van der Waals surface area contributed by atoms with E-state index in [-0.39, 0.29) is 11.6 Å². The summed E-state index contributed by atoms with van der Waals surface area (Å²) < 4.78 is 10.8.